The normalized spacial score (nSPS) is 10.9. The second-order valence-corrected chi connectivity index (χ2v) is 8.21. The number of nitrogens with zero attached hydrogens (tertiary/aromatic N) is 3. The number of anilines is 1. The monoisotopic (exact) mass is 386 g/mol. The number of nitrogens with one attached hydrogen (secondary N) is 1. The Labute approximate surface area is 161 Å². The van der Waals surface area contributed by atoms with Crippen molar-refractivity contribution in [1.29, 1.82) is 0 Å². The van der Waals surface area contributed by atoms with Crippen LogP contribution in [0.25, 0.3) is 0 Å². The summed E-state index contributed by atoms with van der Waals surface area (Å²) in [5.74, 6) is 0.511. The van der Waals surface area contributed by atoms with Gasteiger partial charge in [0.25, 0.3) is 0 Å². The molecule has 0 aliphatic rings. The number of benzene rings is 1. The molecule has 7 heteroatoms. The van der Waals surface area contributed by atoms with E-state index in [1.807, 2.05) is 26.1 Å². The van der Waals surface area contributed by atoms with Gasteiger partial charge in [0.2, 0.25) is 5.13 Å². The zero-order chi connectivity index (χ0) is 18.5. The molecule has 1 aromatic carbocycles. The zero-order valence-electron chi connectivity index (χ0n) is 15.2. The van der Waals surface area contributed by atoms with Crippen molar-refractivity contribution in [1.82, 2.24) is 14.8 Å². The lowest BCUT2D eigenvalue weighted by Crippen LogP contribution is -2.08. The fourth-order valence-electron chi connectivity index (χ4n) is 2.89. The summed E-state index contributed by atoms with van der Waals surface area (Å²) >= 11 is 2.90. The van der Waals surface area contributed by atoms with Gasteiger partial charge >= 0.3 is 0 Å². The van der Waals surface area contributed by atoms with E-state index in [4.69, 9.17) is 0 Å². The SMILES string of the molecule is CNc1nnc(SCC(=O)c2cc(C)n(CCc3ccccc3)c2C)s1. The van der Waals surface area contributed by atoms with Crippen LogP contribution < -0.4 is 5.32 Å². The smallest absolute Gasteiger partial charge is 0.206 e. The van der Waals surface area contributed by atoms with Crippen LogP contribution in [-0.4, -0.2) is 33.3 Å². The number of Topliss-reactive ketones (excluding diaryl/α,β-unsaturated/α-hetero) is 1. The van der Waals surface area contributed by atoms with Gasteiger partial charge in [0, 0.05) is 30.5 Å². The Morgan fingerprint density at radius 3 is 2.69 bits per heavy atom. The van der Waals surface area contributed by atoms with Crippen molar-refractivity contribution in [2.75, 3.05) is 18.1 Å². The van der Waals surface area contributed by atoms with Crippen molar-refractivity contribution in [3.63, 3.8) is 0 Å². The highest BCUT2D eigenvalue weighted by atomic mass is 32.2. The van der Waals surface area contributed by atoms with E-state index >= 15 is 0 Å². The Morgan fingerprint density at radius 2 is 2.00 bits per heavy atom. The van der Waals surface area contributed by atoms with E-state index < -0.39 is 0 Å². The van der Waals surface area contributed by atoms with Crippen LogP contribution >= 0.6 is 23.1 Å². The van der Waals surface area contributed by atoms with Crippen molar-refractivity contribution < 1.29 is 4.79 Å². The van der Waals surface area contributed by atoms with Crippen molar-refractivity contribution in [2.24, 2.45) is 0 Å². The summed E-state index contributed by atoms with van der Waals surface area (Å²) < 4.78 is 3.04. The molecule has 0 aliphatic heterocycles. The molecule has 5 nitrogen and oxygen atoms in total. The van der Waals surface area contributed by atoms with Crippen LogP contribution in [0, 0.1) is 13.8 Å². The van der Waals surface area contributed by atoms with Crippen LogP contribution in [0.1, 0.15) is 27.3 Å². The fraction of sp³-hybridized carbons (Fsp3) is 0.316. The number of hydrogen-bond donors (Lipinski definition) is 1. The standard InChI is InChI=1S/C19H22N4OS2/c1-13-11-16(17(24)12-25-19-22-21-18(20-3)26-19)14(2)23(13)10-9-15-7-5-4-6-8-15/h4-8,11H,9-10,12H2,1-3H3,(H,20,21). The van der Waals surface area contributed by atoms with Crippen molar-refractivity contribution in [3.05, 3.63) is 58.9 Å². The minimum Gasteiger partial charge on any atom is -0.363 e. The van der Waals surface area contributed by atoms with E-state index in [0.29, 0.717) is 5.75 Å². The van der Waals surface area contributed by atoms with Crippen LogP contribution in [0.2, 0.25) is 0 Å². The summed E-state index contributed by atoms with van der Waals surface area (Å²) in [6.45, 7) is 4.97. The molecule has 0 radical (unpaired) electrons. The van der Waals surface area contributed by atoms with Gasteiger partial charge in [-0.15, -0.1) is 10.2 Å². The molecule has 3 rings (SSSR count). The summed E-state index contributed by atoms with van der Waals surface area (Å²) in [4.78, 5) is 12.7. The lowest BCUT2D eigenvalue weighted by molar-refractivity contribution is 0.102. The first-order valence-electron chi connectivity index (χ1n) is 8.46. The molecule has 0 saturated heterocycles. The second-order valence-electron chi connectivity index (χ2n) is 6.01. The molecule has 2 aromatic heterocycles. The average molecular weight is 387 g/mol. The number of thioether (sulfide) groups is 1. The molecule has 26 heavy (non-hydrogen) atoms. The summed E-state index contributed by atoms with van der Waals surface area (Å²) in [7, 11) is 1.81. The highest BCUT2D eigenvalue weighted by Gasteiger charge is 2.17. The Kier molecular flexibility index (Phi) is 6.11. The van der Waals surface area contributed by atoms with Gasteiger partial charge < -0.3 is 9.88 Å². The molecule has 0 saturated carbocycles. The molecular weight excluding hydrogens is 364 g/mol. The number of rotatable bonds is 8. The average Bonchev–Trinajstić information content (AvgIpc) is 3.23. The topological polar surface area (TPSA) is 59.8 Å². The fourth-order valence-corrected chi connectivity index (χ4v) is 4.48. The first kappa shape index (κ1) is 18.7. The largest absolute Gasteiger partial charge is 0.363 e. The van der Waals surface area contributed by atoms with Gasteiger partial charge in [0.15, 0.2) is 10.1 Å². The highest BCUT2D eigenvalue weighted by molar-refractivity contribution is 8.01. The molecule has 0 amide bonds. The Balaban J connectivity index is 1.65. The number of aromatic nitrogens is 3. The third-order valence-corrected chi connectivity index (χ3v) is 6.36. The van der Waals surface area contributed by atoms with Crippen LogP contribution in [0.5, 0.6) is 0 Å². The number of carbonyl (C=O) groups excluding carboxylic acids is 1. The van der Waals surface area contributed by atoms with E-state index in [-0.39, 0.29) is 5.78 Å². The van der Waals surface area contributed by atoms with Crippen molar-refractivity contribution >= 4 is 34.0 Å². The third kappa shape index (κ3) is 4.34. The zero-order valence-corrected chi connectivity index (χ0v) is 16.8. The van der Waals surface area contributed by atoms with Gasteiger partial charge in [-0.2, -0.15) is 0 Å². The van der Waals surface area contributed by atoms with Gasteiger partial charge in [-0.25, -0.2) is 0 Å². The predicted molar refractivity (Wildman–Crippen MR) is 109 cm³/mol. The van der Waals surface area contributed by atoms with Crippen LogP contribution in [0.3, 0.4) is 0 Å². The van der Waals surface area contributed by atoms with Crippen LogP contribution in [0.4, 0.5) is 5.13 Å². The highest BCUT2D eigenvalue weighted by Crippen LogP contribution is 2.26. The molecule has 0 bridgehead atoms. The van der Waals surface area contributed by atoms with E-state index in [1.54, 1.807) is 0 Å². The Hall–Kier alpha value is -2.12. The summed E-state index contributed by atoms with van der Waals surface area (Å²) in [6.07, 6.45) is 0.956. The number of ketones is 1. The molecule has 0 spiro atoms. The molecule has 0 atom stereocenters. The minimum atomic E-state index is 0.135. The van der Waals surface area contributed by atoms with Gasteiger partial charge in [-0.1, -0.05) is 53.4 Å². The maximum atomic E-state index is 12.7. The van der Waals surface area contributed by atoms with Gasteiger partial charge in [-0.05, 0) is 31.9 Å². The molecule has 1 N–H and O–H groups in total. The summed E-state index contributed by atoms with van der Waals surface area (Å²) in [6, 6.07) is 12.4. The third-order valence-electron chi connectivity index (χ3n) is 4.29. The Bertz CT molecular complexity index is 886. The van der Waals surface area contributed by atoms with Gasteiger partial charge in [0.05, 0.1) is 5.75 Å². The summed E-state index contributed by atoms with van der Waals surface area (Å²) in [5, 5.41) is 11.8. The molecule has 0 unspecified atom stereocenters. The second kappa shape index (κ2) is 8.51. The molecule has 136 valence electrons. The predicted octanol–water partition coefficient (Wildman–Crippen LogP) is 4.22. The van der Waals surface area contributed by atoms with E-state index in [0.717, 1.165) is 39.4 Å². The van der Waals surface area contributed by atoms with E-state index in [1.165, 1.54) is 28.7 Å². The lowest BCUT2D eigenvalue weighted by Gasteiger charge is -2.10. The molecule has 2 heterocycles. The quantitative estimate of drug-likeness (QED) is 0.464. The van der Waals surface area contributed by atoms with Gasteiger partial charge in [0.1, 0.15) is 0 Å². The van der Waals surface area contributed by atoms with Gasteiger partial charge in [-0.3, -0.25) is 4.79 Å². The molecule has 3 aromatic rings. The number of hydrogen-bond acceptors (Lipinski definition) is 6. The van der Waals surface area contributed by atoms with Crippen LogP contribution in [0.15, 0.2) is 40.7 Å². The maximum absolute atomic E-state index is 12.7. The molecule has 0 aliphatic carbocycles. The van der Waals surface area contributed by atoms with Crippen molar-refractivity contribution in [3.8, 4) is 0 Å². The maximum Gasteiger partial charge on any atom is 0.206 e. The first-order chi connectivity index (χ1) is 12.6. The van der Waals surface area contributed by atoms with E-state index in [9.17, 15) is 4.79 Å². The first-order valence-corrected chi connectivity index (χ1v) is 10.3. The molecule has 0 fully saturated rings. The summed E-state index contributed by atoms with van der Waals surface area (Å²) in [5.41, 5.74) is 4.28. The lowest BCUT2D eigenvalue weighted by atomic mass is 10.1. The van der Waals surface area contributed by atoms with Crippen molar-refractivity contribution in [2.45, 2.75) is 31.2 Å². The Morgan fingerprint density at radius 1 is 1.23 bits per heavy atom. The minimum absolute atomic E-state index is 0.135. The number of aryl methyl sites for hydroxylation is 2. The molecular formula is C19H22N4OS2. The number of carbonyl (C=O) groups is 1. The van der Waals surface area contributed by atoms with E-state index in [2.05, 4.69) is 51.3 Å². The van der Waals surface area contributed by atoms with Crippen LogP contribution in [-0.2, 0) is 13.0 Å².